The van der Waals surface area contributed by atoms with Gasteiger partial charge < -0.3 is 19.3 Å². The maximum atomic E-state index is 10.0. The molecular weight excluding hydrogens is 400 g/mol. The second kappa shape index (κ2) is 11.7. The molecule has 3 aromatic rings. The molecule has 0 saturated carbocycles. The lowest BCUT2D eigenvalue weighted by molar-refractivity contribution is -0.159. The molecule has 0 fully saturated rings. The number of rotatable bonds is 10. The molecule has 0 radical (unpaired) electrons. The van der Waals surface area contributed by atoms with Crippen LogP contribution in [0.2, 0.25) is 0 Å². The molecule has 166 valence electrons. The van der Waals surface area contributed by atoms with E-state index in [9.17, 15) is 5.11 Å². The summed E-state index contributed by atoms with van der Waals surface area (Å²) in [5.41, 5.74) is 3.28. The lowest BCUT2D eigenvalue weighted by atomic mass is 9.88. The fourth-order valence-electron chi connectivity index (χ4n) is 3.93. The fraction of sp³-hybridized carbons (Fsp3) is 0.286. The zero-order valence-electron chi connectivity index (χ0n) is 18.1. The topological polar surface area (TPSA) is 47.9 Å². The van der Waals surface area contributed by atoms with Crippen LogP contribution < -0.4 is 0 Å². The summed E-state index contributed by atoms with van der Waals surface area (Å²) in [6.45, 7) is 1.38. The molecule has 0 aromatic heterocycles. The van der Waals surface area contributed by atoms with E-state index in [1.807, 2.05) is 103 Å². The van der Waals surface area contributed by atoms with Crippen LogP contribution in [-0.4, -0.2) is 30.0 Å². The van der Waals surface area contributed by atoms with Crippen LogP contribution in [0, 0.1) is 5.92 Å². The van der Waals surface area contributed by atoms with E-state index in [4.69, 9.17) is 14.2 Å². The number of aliphatic hydroxyl groups is 1. The summed E-state index contributed by atoms with van der Waals surface area (Å²) in [5.74, 6) is -0.156. The van der Waals surface area contributed by atoms with Crippen molar-refractivity contribution < 1.29 is 19.3 Å². The average Bonchev–Trinajstić information content (AvgIpc) is 2.87. The summed E-state index contributed by atoms with van der Waals surface area (Å²) in [6.07, 6.45) is 3.05. The first-order chi connectivity index (χ1) is 15.8. The highest BCUT2D eigenvalue weighted by Crippen LogP contribution is 2.29. The number of benzene rings is 3. The third-order valence-electron chi connectivity index (χ3n) is 5.68. The van der Waals surface area contributed by atoms with Gasteiger partial charge in [0.05, 0.1) is 32.5 Å². The Morgan fingerprint density at radius 1 is 0.531 bits per heavy atom. The van der Waals surface area contributed by atoms with E-state index in [2.05, 4.69) is 0 Å². The van der Waals surface area contributed by atoms with Crippen LogP contribution in [0.1, 0.15) is 16.7 Å². The molecule has 32 heavy (non-hydrogen) atoms. The predicted octanol–water partition coefficient (Wildman–Crippen LogP) is 4.92. The van der Waals surface area contributed by atoms with Gasteiger partial charge in [0.15, 0.2) is 0 Å². The molecule has 4 nitrogen and oxygen atoms in total. The zero-order valence-corrected chi connectivity index (χ0v) is 18.1. The van der Waals surface area contributed by atoms with Gasteiger partial charge >= 0.3 is 0 Å². The Balaban J connectivity index is 1.51. The molecule has 0 bridgehead atoms. The molecule has 0 saturated heterocycles. The van der Waals surface area contributed by atoms with Gasteiger partial charge in [-0.2, -0.15) is 0 Å². The molecule has 0 aliphatic heterocycles. The van der Waals surface area contributed by atoms with E-state index in [-0.39, 0.29) is 30.8 Å². The van der Waals surface area contributed by atoms with E-state index in [1.165, 1.54) is 0 Å². The van der Waals surface area contributed by atoms with Crippen LogP contribution in [0.15, 0.2) is 103 Å². The van der Waals surface area contributed by atoms with Gasteiger partial charge in [0.1, 0.15) is 12.2 Å². The Hall–Kier alpha value is -2.76. The van der Waals surface area contributed by atoms with Gasteiger partial charge in [0, 0.05) is 5.92 Å². The number of hydrogen-bond donors (Lipinski definition) is 1. The van der Waals surface area contributed by atoms with E-state index < -0.39 is 0 Å². The Morgan fingerprint density at radius 3 is 1.44 bits per heavy atom. The van der Waals surface area contributed by atoms with Crippen molar-refractivity contribution in [3.05, 3.63) is 120 Å². The van der Waals surface area contributed by atoms with Gasteiger partial charge in [-0.25, -0.2) is 0 Å². The standard InChI is InChI=1S/C28H30O4/c29-18-25-16-17-26(30-19-22-10-4-1-5-11-22)28(32-21-24-14-8-3-9-15-24)27(25)31-20-23-12-6-2-7-13-23/h1-17,25-29H,18-21H2/t25-,26+,27-,28-/m1/s1. The lowest BCUT2D eigenvalue weighted by Gasteiger charge is -2.38. The van der Waals surface area contributed by atoms with Crippen molar-refractivity contribution in [1.82, 2.24) is 0 Å². The minimum Gasteiger partial charge on any atom is -0.396 e. The highest BCUT2D eigenvalue weighted by atomic mass is 16.6. The van der Waals surface area contributed by atoms with Crippen molar-refractivity contribution >= 4 is 0 Å². The van der Waals surface area contributed by atoms with E-state index in [1.54, 1.807) is 0 Å². The maximum absolute atomic E-state index is 10.0. The van der Waals surface area contributed by atoms with E-state index >= 15 is 0 Å². The van der Waals surface area contributed by atoms with E-state index in [0.29, 0.717) is 19.8 Å². The number of hydrogen-bond acceptors (Lipinski definition) is 4. The van der Waals surface area contributed by atoms with E-state index in [0.717, 1.165) is 16.7 Å². The minimum atomic E-state index is -0.343. The van der Waals surface area contributed by atoms with Gasteiger partial charge in [-0.3, -0.25) is 0 Å². The molecule has 0 heterocycles. The summed E-state index contributed by atoms with van der Waals surface area (Å²) in [7, 11) is 0. The van der Waals surface area contributed by atoms with Crippen molar-refractivity contribution in [1.29, 1.82) is 0 Å². The second-order valence-corrected chi connectivity index (χ2v) is 8.01. The van der Waals surface area contributed by atoms with Crippen molar-refractivity contribution in [2.45, 2.75) is 38.1 Å². The quantitative estimate of drug-likeness (QED) is 0.464. The first-order valence-corrected chi connectivity index (χ1v) is 11.1. The second-order valence-electron chi connectivity index (χ2n) is 8.01. The van der Waals surface area contributed by atoms with Crippen molar-refractivity contribution in [3.8, 4) is 0 Å². The van der Waals surface area contributed by atoms with Crippen molar-refractivity contribution in [2.24, 2.45) is 5.92 Å². The largest absolute Gasteiger partial charge is 0.396 e. The summed E-state index contributed by atoms with van der Waals surface area (Å²) in [6, 6.07) is 30.2. The van der Waals surface area contributed by atoms with Gasteiger partial charge in [-0.15, -0.1) is 0 Å². The molecule has 3 aromatic carbocycles. The number of ether oxygens (including phenoxy) is 3. The molecule has 4 rings (SSSR count). The SMILES string of the molecule is OC[C@H]1C=C[C@H](OCc2ccccc2)[C@@H](OCc2ccccc2)[C@@H]1OCc1ccccc1. The Morgan fingerprint density at radius 2 is 0.969 bits per heavy atom. The Labute approximate surface area is 190 Å². The first-order valence-electron chi connectivity index (χ1n) is 11.1. The van der Waals surface area contributed by atoms with Gasteiger partial charge in [0.2, 0.25) is 0 Å². The summed E-state index contributed by atoms with van der Waals surface area (Å²) in [4.78, 5) is 0. The van der Waals surface area contributed by atoms with Gasteiger partial charge in [-0.05, 0) is 16.7 Å². The smallest absolute Gasteiger partial charge is 0.114 e. The highest BCUT2D eigenvalue weighted by molar-refractivity contribution is 5.17. The first kappa shape index (κ1) is 22.4. The van der Waals surface area contributed by atoms with Crippen molar-refractivity contribution in [3.63, 3.8) is 0 Å². The summed E-state index contributed by atoms with van der Waals surface area (Å²) < 4.78 is 19.0. The normalized spacial score (nSPS) is 22.7. The van der Waals surface area contributed by atoms with Gasteiger partial charge in [-0.1, -0.05) is 103 Å². The molecule has 1 aliphatic rings. The van der Waals surface area contributed by atoms with Crippen LogP contribution in [0.5, 0.6) is 0 Å². The van der Waals surface area contributed by atoms with Gasteiger partial charge in [0.25, 0.3) is 0 Å². The summed E-state index contributed by atoms with van der Waals surface area (Å²) >= 11 is 0. The Kier molecular flexibility index (Phi) is 8.23. The van der Waals surface area contributed by atoms with Crippen molar-refractivity contribution in [2.75, 3.05) is 6.61 Å². The maximum Gasteiger partial charge on any atom is 0.114 e. The predicted molar refractivity (Wildman–Crippen MR) is 125 cm³/mol. The molecule has 1 aliphatic carbocycles. The third kappa shape index (κ3) is 6.15. The molecule has 4 atom stereocenters. The third-order valence-corrected chi connectivity index (χ3v) is 5.68. The number of aliphatic hydroxyl groups excluding tert-OH is 1. The molecule has 0 amide bonds. The van der Waals surface area contributed by atoms with Crippen LogP contribution >= 0.6 is 0 Å². The van der Waals surface area contributed by atoms with Crippen LogP contribution in [-0.2, 0) is 34.0 Å². The molecule has 1 N–H and O–H groups in total. The zero-order chi connectivity index (χ0) is 22.0. The molecular formula is C28H30O4. The molecule has 0 spiro atoms. The van der Waals surface area contributed by atoms with Crippen LogP contribution in [0.3, 0.4) is 0 Å². The van der Waals surface area contributed by atoms with Crippen LogP contribution in [0.25, 0.3) is 0 Å². The Bertz CT molecular complexity index is 943. The fourth-order valence-corrected chi connectivity index (χ4v) is 3.93. The minimum absolute atomic E-state index is 0.00738. The lowest BCUT2D eigenvalue weighted by Crippen LogP contribution is -2.48. The summed E-state index contributed by atoms with van der Waals surface area (Å²) in [5, 5.41) is 10.0. The van der Waals surface area contributed by atoms with Crippen LogP contribution in [0.4, 0.5) is 0 Å². The highest BCUT2D eigenvalue weighted by Gasteiger charge is 2.38. The molecule has 0 unspecified atom stereocenters. The average molecular weight is 431 g/mol. The monoisotopic (exact) mass is 430 g/mol. The molecule has 4 heteroatoms.